The van der Waals surface area contributed by atoms with Gasteiger partial charge in [-0.2, -0.15) is 0 Å². The molecule has 2 aromatic carbocycles. The fourth-order valence-corrected chi connectivity index (χ4v) is 9.06. The summed E-state index contributed by atoms with van der Waals surface area (Å²) in [5, 5.41) is 2.33. The van der Waals surface area contributed by atoms with Crippen LogP contribution in [0.1, 0.15) is 65.0 Å². The highest BCUT2D eigenvalue weighted by molar-refractivity contribution is 5.88. The van der Waals surface area contributed by atoms with E-state index in [4.69, 9.17) is 26.7 Å². The Bertz CT molecular complexity index is 3140. The summed E-state index contributed by atoms with van der Waals surface area (Å²) in [5.41, 5.74) is 8.94. The van der Waals surface area contributed by atoms with Crippen molar-refractivity contribution in [3.8, 4) is 22.9 Å². The second kappa shape index (κ2) is 22.2. The summed E-state index contributed by atoms with van der Waals surface area (Å²) in [5.74, 6) is 2.73. The van der Waals surface area contributed by atoms with Crippen LogP contribution in [0.3, 0.4) is 0 Å². The molecule has 2 N–H and O–H groups in total. The maximum absolute atomic E-state index is 12.0. The third-order valence-electron chi connectivity index (χ3n) is 13.2. The van der Waals surface area contributed by atoms with Gasteiger partial charge in [-0.1, -0.05) is 12.1 Å². The predicted octanol–water partition coefficient (Wildman–Crippen LogP) is 9.33. The highest BCUT2D eigenvalue weighted by Gasteiger charge is 2.23. The minimum atomic E-state index is -0.521. The second-order valence-electron chi connectivity index (χ2n) is 17.9. The van der Waals surface area contributed by atoms with Crippen LogP contribution in [0.2, 0.25) is 0 Å². The zero-order chi connectivity index (χ0) is 49.3. The van der Waals surface area contributed by atoms with Gasteiger partial charge < -0.3 is 33.3 Å². The number of hydrogen-bond acceptors (Lipinski definition) is 14. The van der Waals surface area contributed by atoms with Crippen LogP contribution in [0, 0.1) is 33.9 Å². The van der Waals surface area contributed by atoms with Gasteiger partial charge in [0.15, 0.2) is 11.4 Å². The number of piperazine rings is 2. The molecule has 8 aromatic rings. The van der Waals surface area contributed by atoms with Gasteiger partial charge in [0.2, 0.25) is 29.4 Å². The number of carbonyl (C=O) groups excluding carboxylic acids is 1. The van der Waals surface area contributed by atoms with Gasteiger partial charge in [-0.15, -0.1) is 0 Å². The molecule has 6 aromatic heterocycles. The van der Waals surface area contributed by atoms with E-state index in [1.807, 2.05) is 50.2 Å². The fourth-order valence-electron chi connectivity index (χ4n) is 9.06. The maximum atomic E-state index is 12.0. The normalized spacial score (nSPS) is 14.3. The lowest BCUT2D eigenvalue weighted by Crippen LogP contribution is -2.47. The first-order chi connectivity index (χ1) is 34.7. The monoisotopic (exact) mass is 954 g/mol. The van der Waals surface area contributed by atoms with E-state index in [9.17, 15) is 4.79 Å². The van der Waals surface area contributed by atoms with Crippen molar-refractivity contribution in [3.63, 3.8) is 0 Å². The molecule has 71 heavy (non-hydrogen) atoms. The topological polar surface area (TPSA) is 183 Å². The predicted molar refractivity (Wildman–Crippen MR) is 273 cm³/mol. The molecule has 0 radical (unpaired) electrons. The first kappa shape index (κ1) is 48.1. The third kappa shape index (κ3) is 11.4. The number of aryl methyl sites for hydroxylation is 5. The summed E-state index contributed by atoms with van der Waals surface area (Å²) in [4.78, 5) is 62.1. The molecule has 0 atom stereocenters. The van der Waals surface area contributed by atoms with Crippen LogP contribution in [-0.4, -0.2) is 128 Å². The van der Waals surface area contributed by atoms with E-state index in [-0.39, 0.29) is 12.4 Å². The van der Waals surface area contributed by atoms with Crippen molar-refractivity contribution < 1.29 is 18.4 Å². The SMILES string of the molecule is [C-]#[N+]c1ccc2[nH]cc(CCCCN3CCN(c4ncc(-c5nc(C)c(C(=O)OCC)o5)cn4)CC3)c2c1.[C-]#[N+]c1ccc2[nH]cc(CCCN3CCN(c4ncc(-c5nc(C)c(C)o5)cn4)CC3)c2c1. The summed E-state index contributed by atoms with van der Waals surface area (Å²) < 4.78 is 16.3. The Morgan fingerprint density at radius 3 is 1.61 bits per heavy atom. The Morgan fingerprint density at radius 2 is 1.13 bits per heavy atom. The smallest absolute Gasteiger partial charge is 0.376 e. The van der Waals surface area contributed by atoms with Crippen LogP contribution >= 0.6 is 0 Å². The summed E-state index contributed by atoms with van der Waals surface area (Å²) in [6.45, 7) is 31.7. The Labute approximate surface area is 412 Å². The molecule has 0 unspecified atom stereocenters. The number of rotatable bonds is 15. The summed E-state index contributed by atoms with van der Waals surface area (Å²) in [6, 6.07) is 11.7. The van der Waals surface area contributed by atoms with E-state index < -0.39 is 5.97 Å². The second-order valence-corrected chi connectivity index (χ2v) is 17.9. The molecule has 2 aliphatic rings. The lowest BCUT2D eigenvalue weighted by Gasteiger charge is -2.34. The van der Waals surface area contributed by atoms with Crippen molar-refractivity contribution in [1.82, 2.24) is 49.7 Å². The van der Waals surface area contributed by atoms with Crippen molar-refractivity contribution in [3.05, 3.63) is 130 Å². The highest BCUT2D eigenvalue weighted by atomic mass is 16.5. The summed E-state index contributed by atoms with van der Waals surface area (Å²) >= 11 is 0. The number of fused-ring (bicyclic) bond motifs is 2. The van der Waals surface area contributed by atoms with Gasteiger partial charge in [0.25, 0.3) is 0 Å². The minimum Gasteiger partial charge on any atom is -0.460 e. The standard InChI is InChI=1S/C28H31N7O3.C25H27N7O/c1-4-37-27(36)25-19(2)33-26(38-25)21-17-31-28(32-18-21)35-13-11-34(12-14-35)10-6-5-7-20-16-30-24-9-8-22(29-3)15-23(20)24;1-17-18(2)33-24(30-17)20-15-28-25(29-16-20)32-11-9-31(10-12-32)8-4-5-19-14-27-23-7-6-21(26-3)13-22(19)23/h8-9,15-18,30H,4-7,10-14H2,1-2H3;6-7,13-16,27H,4-5,8-12H2,1-2H3. The molecule has 18 heteroatoms. The molecular weight excluding hydrogens is 897 g/mol. The van der Waals surface area contributed by atoms with Gasteiger partial charge in [0, 0.05) is 101 Å². The van der Waals surface area contributed by atoms with E-state index in [0.29, 0.717) is 40.4 Å². The van der Waals surface area contributed by atoms with Gasteiger partial charge >= 0.3 is 5.97 Å². The van der Waals surface area contributed by atoms with Gasteiger partial charge in [0.1, 0.15) is 5.76 Å². The highest BCUT2D eigenvalue weighted by Crippen LogP contribution is 2.28. The van der Waals surface area contributed by atoms with Crippen molar-refractivity contribution in [2.24, 2.45) is 0 Å². The number of anilines is 2. The van der Waals surface area contributed by atoms with E-state index in [1.54, 1.807) is 38.6 Å². The zero-order valence-electron chi connectivity index (χ0n) is 40.7. The first-order valence-corrected chi connectivity index (χ1v) is 24.3. The Morgan fingerprint density at radius 1 is 0.648 bits per heavy atom. The molecule has 0 spiro atoms. The van der Waals surface area contributed by atoms with Crippen LogP contribution in [0.25, 0.3) is 54.4 Å². The molecule has 0 bridgehead atoms. The number of aromatic nitrogens is 8. The number of esters is 1. The van der Waals surface area contributed by atoms with Crippen molar-refractivity contribution in [1.29, 1.82) is 0 Å². The minimum absolute atomic E-state index is 0.109. The third-order valence-corrected chi connectivity index (χ3v) is 13.2. The van der Waals surface area contributed by atoms with Crippen LogP contribution < -0.4 is 9.80 Å². The average molecular weight is 955 g/mol. The molecule has 364 valence electrons. The number of H-pyrrole nitrogens is 2. The fraction of sp³-hybridized carbons (Fsp3) is 0.377. The summed E-state index contributed by atoms with van der Waals surface area (Å²) in [7, 11) is 0. The number of nitrogens with zero attached hydrogens (tertiary/aromatic N) is 12. The molecule has 18 nitrogen and oxygen atoms in total. The van der Waals surface area contributed by atoms with Crippen molar-refractivity contribution in [2.75, 3.05) is 81.9 Å². The number of aromatic amines is 2. The molecule has 10 rings (SSSR count). The number of nitrogens with one attached hydrogen (secondary N) is 2. The maximum Gasteiger partial charge on any atom is 0.376 e. The quantitative estimate of drug-likeness (QED) is 0.0563. The lowest BCUT2D eigenvalue weighted by atomic mass is 10.1. The Kier molecular flexibility index (Phi) is 15.1. The Hall–Kier alpha value is -7.93. The van der Waals surface area contributed by atoms with E-state index in [1.165, 1.54) is 16.5 Å². The van der Waals surface area contributed by atoms with E-state index >= 15 is 0 Å². The molecule has 2 saturated heterocycles. The number of oxazole rings is 2. The number of benzene rings is 2. The number of unbranched alkanes of at least 4 members (excludes halogenated alkanes) is 1. The average Bonchev–Trinajstić information content (AvgIpc) is 4.20. The van der Waals surface area contributed by atoms with Crippen molar-refractivity contribution in [2.45, 2.75) is 59.8 Å². The molecular formula is C53H58N14O4. The number of ether oxygens (including phenoxy) is 1. The van der Waals surface area contributed by atoms with E-state index in [0.717, 1.165) is 137 Å². The van der Waals surface area contributed by atoms with Crippen LogP contribution in [0.5, 0.6) is 0 Å². The van der Waals surface area contributed by atoms with Gasteiger partial charge in [0.05, 0.1) is 42.3 Å². The van der Waals surface area contributed by atoms with Gasteiger partial charge in [-0.05, 0) is 119 Å². The van der Waals surface area contributed by atoms with Crippen LogP contribution in [0.15, 0.2) is 82.4 Å². The molecule has 2 fully saturated rings. The molecule has 0 aliphatic carbocycles. The van der Waals surface area contributed by atoms with E-state index in [2.05, 4.69) is 81.6 Å². The molecule has 8 heterocycles. The zero-order valence-corrected chi connectivity index (χ0v) is 40.7. The van der Waals surface area contributed by atoms with Crippen molar-refractivity contribution >= 4 is 51.0 Å². The summed E-state index contributed by atoms with van der Waals surface area (Å²) in [6.07, 6.45) is 16.4. The van der Waals surface area contributed by atoms with Gasteiger partial charge in [-0.25, -0.2) is 44.4 Å². The molecule has 0 saturated carbocycles. The molecule has 0 amide bonds. The number of hydrogen-bond donors (Lipinski definition) is 2. The Balaban J connectivity index is 0.000000177. The lowest BCUT2D eigenvalue weighted by molar-refractivity contribution is 0.0490. The largest absolute Gasteiger partial charge is 0.460 e. The molecule has 2 aliphatic heterocycles. The van der Waals surface area contributed by atoms with Gasteiger partial charge in [-0.3, -0.25) is 9.80 Å². The number of carbonyl (C=O) groups is 1. The van der Waals surface area contributed by atoms with Crippen LogP contribution in [0.4, 0.5) is 23.3 Å². The first-order valence-electron chi connectivity index (χ1n) is 24.3. The van der Waals surface area contributed by atoms with Crippen LogP contribution in [-0.2, 0) is 17.6 Å².